The van der Waals surface area contributed by atoms with Gasteiger partial charge in [0.05, 0.1) is 11.3 Å². The van der Waals surface area contributed by atoms with Crippen LogP contribution in [-0.2, 0) is 16.0 Å². The van der Waals surface area contributed by atoms with Gasteiger partial charge in [0.25, 0.3) is 0 Å². The molecule has 2 rings (SSSR count). The standard InChI is InChI=1S/C17H18FNO4S/c18-14-4-2-1-3-13(14)15-7-5-12(23-15)6-8-16(20)19-9-10-24-11-17(21)22/h1-5,7H,6,8-11H2,(H,19,20)(H,21,22). The number of amides is 1. The molecular weight excluding hydrogens is 333 g/mol. The maximum Gasteiger partial charge on any atom is 0.313 e. The minimum atomic E-state index is -0.866. The number of carboxylic acid groups (broad SMARTS) is 1. The van der Waals surface area contributed by atoms with Crippen molar-refractivity contribution in [3.63, 3.8) is 0 Å². The molecule has 0 saturated carbocycles. The van der Waals surface area contributed by atoms with Crippen LogP contribution >= 0.6 is 11.8 Å². The summed E-state index contributed by atoms with van der Waals surface area (Å²) in [6.07, 6.45) is 0.677. The monoisotopic (exact) mass is 351 g/mol. The number of carbonyl (C=O) groups excluding carboxylic acids is 1. The maximum atomic E-state index is 13.7. The fourth-order valence-electron chi connectivity index (χ4n) is 2.07. The van der Waals surface area contributed by atoms with Crippen LogP contribution in [0.25, 0.3) is 11.3 Å². The van der Waals surface area contributed by atoms with Crippen molar-refractivity contribution in [2.24, 2.45) is 0 Å². The van der Waals surface area contributed by atoms with Gasteiger partial charge < -0.3 is 14.8 Å². The Labute approximate surface area is 143 Å². The summed E-state index contributed by atoms with van der Waals surface area (Å²) >= 11 is 1.25. The van der Waals surface area contributed by atoms with Crippen molar-refractivity contribution in [3.8, 4) is 11.3 Å². The Kier molecular flexibility index (Phi) is 6.87. The second kappa shape index (κ2) is 9.12. The van der Waals surface area contributed by atoms with Crippen LogP contribution in [0, 0.1) is 5.82 Å². The molecule has 0 saturated heterocycles. The van der Waals surface area contributed by atoms with Crippen molar-refractivity contribution < 1.29 is 23.5 Å². The lowest BCUT2D eigenvalue weighted by molar-refractivity contribution is -0.133. The quantitative estimate of drug-likeness (QED) is 0.679. The van der Waals surface area contributed by atoms with Gasteiger partial charge in [-0.1, -0.05) is 12.1 Å². The molecule has 2 aromatic rings. The molecule has 1 aromatic carbocycles. The van der Waals surface area contributed by atoms with E-state index in [9.17, 15) is 14.0 Å². The summed E-state index contributed by atoms with van der Waals surface area (Å²) < 4.78 is 19.3. The van der Waals surface area contributed by atoms with Crippen LogP contribution in [0.4, 0.5) is 4.39 Å². The molecule has 0 unspecified atom stereocenters. The lowest BCUT2D eigenvalue weighted by Crippen LogP contribution is -2.26. The molecule has 0 fully saturated rings. The van der Waals surface area contributed by atoms with Crippen LogP contribution in [0.15, 0.2) is 40.8 Å². The topological polar surface area (TPSA) is 79.5 Å². The van der Waals surface area contributed by atoms with E-state index in [0.29, 0.717) is 35.8 Å². The Balaban J connectivity index is 1.74. The molecule has 0 aliphatic heterocycles. The Morgan fingerprint density at radius 2 is 2.00 bits per heavy atom. The van der Waals surface area contributed by atoms with E-state index in [2.05, 4.69) is 5.32 Å². The number of hydrogen-bond donors (Lipinski definition) is 2. The molecular formula is C17H18FNO4S. The van der Waals surface area contributed by atoms with Crippen LogP contribution in [-0.4, -0.2) is 35.0 Å². The van der Waals surface area contributed by atoms with Gasteiger partial charge in [0, 0.05) is 25.1 Å². The average molecular weight is 351 g/mol. The van der Waals surface area contributed by atoms with Crippen LogP contribution in [0.5, 0.6) is 0 Å². The minimum absolute atomic E-state index is 0.0289. The second-order valence-electron chi connectivity index (χ2n) is 5.04. The fraction of sp³-hybridized carbons (Fsp3) is 0.294. The van der Waals surface area contributed by atoms with Crippen molar-refractivity contribution in [2.75, 3.05) is 18.1 Å². The van der Waals surface area contributed by atoms with Crippen LogP contribution in [0.2, 0.25) is 0 Å². The summed E-state index contributed by atoms with van der Waals surface area (Å²) in [5.74, 6) is 0.286. The zero-order valence-electron chi connectivity index (χ0n) is 13.0. The van der Waals surface area contributed by atoms with Crippen molar-refractivity contribution in [1.29, 1.82) is 0 Å². The normalized spacial score (nSPS) is 10.5. The first-order chi connectivity index (χ1) is 11.6. The summed E-state index contributed by atoms with van der Waals surface area (Å²) in [5, 5.41) is 11.2. The SMILES string of the molecule is O=C(O)CSCCNC(=O)CCc1ccc(-c2ccccc2F)o1. The number of nitrogens with one attached hydrogen (secondary N) is 1. The van der Waals surface area contributed by atoms with E-state index in [-0.39, 0.29) is 23.9 Å². The van der Waals surface area contributed by atoms with Gasteiger partial charge in [-0.25, -0.2) is 4.39 Å². The highest BCUT2D eigenvalue weighted by atomic mass is 32.2. The lowest BCUT2D eigenvalue weighted by Gasteiger charge is -2.03. The Hall–Kier alpha value is -2.28. The van der Waals surface area contributed by atoms with Crippen LogP contribution < -0.4 is 5.32 Å². The largest absolute Gasteiger partial charge is 0.481 e. The Morgan fingerprint density at radius 1 is 1.21 bits per heavy atom. The number of carboxylic acids is 1. The van der Waals surface area contributed by atoms with E-state index in [1.54, 1.807) is 30.3 Å². The minimum Gasteiger partial charge on any atom is -0.481 e. The molecule has 5 nitrogen and oxygen atoms in total. The van der Waals surface area contributed by atoms with Crippen LogP contribution in [0.1, 0.15) is 12.2 Å². The molecule has 1 heterocycles. The fourth-order valence-corrected chi connectivity index (χ4v) is 2.63. The molecule has 0 radical (unpaired) electrons. The molecule has 128 valence electrons. The molecule has 24 heavy (non-hydrogen) atoms. The third kappa shape index (κ3) is 5.73. The first-order valence-corrected chi connectivity index (χ1v) is 8.61. The number of carbonyl (C=O) groups is 2. The van der Waals surface area contributed by atoms with E-state index >= 15 is 0 Å². The first-order valence-electron chi connectivity index (χ1n) is 7.46. The van der Waals surface area contributed by atoms with E-state index < -0.39 is 5.97 Å². The summed E-state index contributed by atoms with van der Waals surface area (Å²) in [4.78, 5) is 22.0. The zero-order valence-corrected chi connectivity index (χ0v) is 13.8. The van der Waals surface area contributed by atoms with Gasteiger partial charge in [0.15, 0.2) is 0 Å². The molecule has 0 atom stereocenters. The Bertz CT molecular complexity index is 701. The number of benzene rings is 1. The molecule has 1 aromatic heterocycles. The molecule has 7 heteroatoms. The van der Waals surface area contributed by atoms with Gasteiger partial charge in [-0.05, 0) is 24.3 Å². The summed E-state index contributed by atoms with van der Waals surface area (Å²) in [7, 11) is 0. The third-order valence-electron chi connectivity index (χ3n) is 3.19. The number of furan rings is 1. The van der Waals surface area contributed by atoms with Gasteiger partial charge in [-0.15, -0.1) is 11.8 Å². The molecule has 1 amide bonds. The maximum absolute atomic E-state index is 13.7. The van der Waals surface area contributed by atoms with Crippen molar-refractivity contribution in [2.45, 2.75) is 12.8 Å². The van der Waals surface area contributed by atoms with Gasteiger partial charge in [-0.3, -0.25) is 9.59 Å². The molecule has 0 aliphatic carbocycles. The number of thioether (sulfide) groups is 1. The second-order valence-corrected chi connectivity index (χ2v) is 6.15. The molecule has 0 bridgehead atoms. The molecule has 2 N–H and O–H groups in total. The van der Waals surface area contributed by atoms with E-state index in [1.807, 2.05) is 0 Å². The summed E-state index contributed by atoms with van der Waals surface area (Å²) in [6, 6.07) is 9.77. The van der Waals surface area contributed by atoms with E-state index in [0.717, 1.165) is 0 Å². The zero-order chi connectivity index (χ0) is 17.4. The van der Waals surface area contributed by atoms with Crippen molar-refractivity contribution in [1.82, 2.24) is 5.32 Å². The number of hydrogen-bond acceptors (Lipinski definition) is 4. The van der Waals surface area contributed by atoms with E-state index in [1.165, 1.54) is 17.8 Å². The highest BCUT2D eigenvalue weighted by Gasteiger charge is 2.10. The molecule has 0 spiro atoms. The van der Waals surface area contributed by atoms with Gasteiger partial charge in [0.2, 0.25) is 5.91 Å². The first kappa shape index (κ1) is 18.1. The van der Waals surface area contributed by atoms with Crippen LogP contribution in [0.3, 0.4) is 0 Å². The van der Waals surface area contributed by atoms with E-state index in [4.69, 9.17) is 9.52 Å². The number of halogens is 1. The summed E-state index contributed by atoms with van der Waals surface area (Å²) in [6.45, 7) is 0.426. The van der Waals surface area contributed by atoms with Gasteiger partial charge in [-0.2, -0.15) is 0 Å². The average Bonchev–Trinajstić information content (AvgIpc) is 3.01. The summed E-state index contributed by atoms with van der Waals surface area (Å²) in [5.41, 5.74) is 0.392. The van der Waals surface area contributed by atoms with Crippen molar-refractivity contribution in [3.05, 3.63) is 48.0 Å². The highest BCUT2D eigenvalue weighted by molar-refractivity contribution is 7.99. The smallest absolute Gasteiger partial charge is 0.313 e. The lowest BCUT2D eigenvalue weighted by atomic mass is 10.1. The van der Waals surface area contributed by atoms with Crippen molar-refractivity contribution >= 4 is 23.6 Å². The van der Waals surface area contributed by atoms with Gasteiger partial charge in [0.1, 0.15) is 17.3 Å². The number of rotatable bonds is 9. The Morgan fingerprint density at radius 3 is 2.75 bits per heavy atom. The highest BCUT2D eigenvalue weighted by Crippen LogP contribution is 2.25. The predicted octanol–water partition coefficient (Wildman–Crippen LogP) is 2.95. The number of aliphatic carboxylic acids is 1. The number of aryl methyl sites for hydroxylation is 1. The third-order valence-corrected chi connectivity index (χ3v) is 4.14. The molecule has 0 aliphatic rings. The van der Waals surface area contributed by atoms with Gasteiger partial charge >= 0.3 is 5.97 Å². The predicted molar refractivity (Wildman–Crippen MR) is 90.4 cm³/mol.